The van der Waals surface area contributed by atoms with Crippen molar-refractivity contribution < 1.29 is 14.4 Å². The Morgan fingerprint density at radius 3 is 3.00 bits per heavy atom. The van der Waals surface area contributed by atoms with Crippen molar-refractivity contribution in [2.24, 2.45) is 0 Å². The molecule has 0 saturated carbocycles. The van der Waals surface area contributed by atoms with Crippen molar-refractivity contribution >= 4 is 11.7 Å². The number of hydrogen-bond acceptors (Lipinski definition) is 4. The number of benzene rings is 1. The van der Waals surface area contributed by atoms with Crippen molar-refractivity contribution in [2.75, 3.05) is 5.32 Å². The highest BCUT2D eigenvalue weighted by Crippen LogP contribution is 2.12. The summed E-state index contributed by atoms with van der Waals surface area (Å²) in [6.45, 7) is 0. The lowest BCUT2D eigenvalue weighted by molar-refractivity contribution is -0.115. The molecule has 0 aliphatic carbocycles. The normalized spacial score (nSPS) is 10.0. The molecule has 82 valence electrons. The third-order valence-electron chi connectivity index (χ3n) is 1.98. The van der Waals surface area contributed by atoms with Crippen LogP contribution in [0.4, 0.5) is 5.82 Å². The summed E-state index contributed by atoms with van der Waals surface area (Å²) in [5.74, 6) is 0.316. The Kier molecular flexibility index (Phi) is 2.86. The molecule has 0 aliphatic heterocycles. The Balaban J connectivity index is 1.97. The average molecular weight is 218 g/mol. The molecule has 5 heteroatoms. The second-order valence-electron chi connectivity index (χ2n) is 3.28. The molecule has 0 atom stereocenters. The number of hydrogen-bond donors (Lipinski definition) is 2. The molecule has 1 aromatic carbocycles. The first-order chi connectivity index (χ1) is 7.74. The van der Waals surface area contributed by atoms with Crippen molar-refractivity contribution in [1.29, 1.82) is 0 Å². The first-order valence-corrected chi connectivity index (χ1v) is 4.72. The molecule has 1 heterocycles. The number of nitrogens with zero attached hydrogens (tertiary/aromatic N) is 1. The number of carbonyl (C=O) groups excluding carboxylic acids is 1. The van der Waals surface area contributed by atoms with E-state index in [1.807, 2.05) is 0 Å². The fraction of sp³-hybridized carbons (Fsp3) is 0.0909. The molecular weight excluding hydrogens is 208 g/mol. The summed E-state index contributed by atoms with van der Waals surface area (Å²) in [5, 5.41) is 15.3. The first kappa shape index (κ1) is 10.2. The largest absolute Gasteiger partial charge is 0.508 e. The van der Waals surface area contributed by atoms with Gasteiger partial charge in [0.25, 0.3) is 0 Å². The Morgan fingerprint density at radius 1 is 1.44 bits per heavy atom. The standard InChI is InChI=1S/C11H10N2O3/c14-9-3-1-2-8(6-9)7-11(15)12-10-4-5-16-13-10/h1-6,14H,7H2,(H,12,13,15). The summed E-state index contributed by atoms with van der Waals surface area (Å²) in [7, 11) is 0. The lowest BCUT2D eigenvalue weighted by atomic mass is 10.1. The van der Waals surface area contributed by atoms with Gasteiger partial charge in [-0.25, -0.2) is 0 Å². The van der Waals surface area contributed by atoms with Crippen LogP contribution in [0.2, 0.25) is 0 Å². The van der Waals surface area contributed by atoms with Gasteiger partial charge in [0, 0.05) is 6.07 Å². The van der Waals surface area contributed by atoms with Gasteiger partial charge >= 0.3 is 0 Å². The molecule has 0 fully saturated rings. The maximum absolute atomic E-state index is 11.5. The third kappa shape index (κ3) is 2.60. The van der Waals surface area contributed by atoms with Gasteiger partial charge in [-0.15, -0.1) is 0 Å². The lowest BCUT2D eigenvalue weighted by Crippen LogP contribution is -2.14. The van der Waals surface area contributed by atoms with E-state index in [2.05, 4.69) is 15.0 Å². The minimum absolute atomic E-state index is 0.145. The Labute approximate surface area is 91.7 Å². The van der Waals surface area contributed by atoms with E-state index < -0.39 is 0 Å². The highest BCUT2D eigenvalue weighted by Gasteiger charge is 2.05. The van der Waals surface area contributed by atoms with E-state index in [4.69, 9.17) is 0 Å². The van der Waals surface area contributed by atoms with E-state index in [-0.39, 0.29) is 18.1 Å². The van der Waals surface area contributed by atoms with Gasteiger partial charge in [0.2, 0.25) is 5.91 Å². The van der Waals surface area contributed by atoms with Gasteiger partial charge in [0.15, 0.2) is 5.82 Å². The van der Waals surface area contributed by atoms with E-state index in [0.29, 0.717) is 5.82 Å². The van der Waals surface area contributed by atoms with Gasteiger partial charge in [0.1, 0.15) is 12.0 Å². The minimum Gasteiger partial charge on any atom is -0.508 e. The van der Waals surface area contributed by atoms with Crippen LogP contribution >= 0.6 is 0 Å². The molecule has 0 aliphatic rings. The zero-order valence-electron chi connectivity index (χ0n) is 8.38. The van der Waals surface area contributed by atoms with Gasteiger partial charge in [-0.05, 0) is 17.7 Å². The third-order valence-corrected chi connectivity index (χ3v) is 1.98. The Morgan fingerprint density at radius 2 is 2.31 bits per heavy atom. The fourth-order valence-electron chi connectivity index (χ4n) is 1.32. The predicted molar refractivity (Wildman–Crippen MR) is 56.9 cm³/mol. The summed E-state index contributed by atoms with van der Waals surface area (Å²) in [5.41, 5.74) is 0.737. The molecule has 0 radical (unpaired) electrons. The summed E-state index contributed by atoms with van der Waals surface area (Å²) in [6, 6.07) is 8.11. The van der Waals surface area contributed by atoms with Crippen LogP contribution in [0, 0.1) is 0 Å². The van der Waals surface area contributed by atoms with Crippen LogP contribution in [0.1, 0.15) is 5.56 Å². The summed E-state index contributed by atoms with van der Waals surface area (Å²) < 4.78 is 4.58. The molecule has 2 aromatic rings. The van der Waals surface area contributed by atoms with Crippen LogP contribution in [0.15, 0.2) is 41.1 Å². The SMILES string of the molecule is O=C(Cc1cccc(O)c1)Nc1ccon1. The number of aromatic nitrogens is 1. The monoisotopic (exact) mass is 218 g/mol. The van der Waals surface area contributed by atoms with Crippen molar-refractivity contribution in [3.8, 4) is 5.75 Å². The van der Waals surface area contributed by atoms with Crippen molar-refractivity contribution in [3.05, 3.63) is 42.2 Å². The second-order valence-corrected chi connectivity index (χ2v) is 3.28. The van der Waals surface area contributed by atoms with Crippen molar-refractivity contribution in [1.82, 2.24) is 5.16 Å². The number of phenolic OH excluding ortho intramolecular Hbond substituents is 1. The number of amides is 1. The maximum atomic E-state index is 11.5. The fourth-order valence-corrected chi connectivity index (χ4v) is 1.32. The highest BCUT2D eigenvalue weighted by molar-refractivity contribution is 5.91. The molecule has 5 nitrogen and oxygen atoms in total. The van der Waals surface area contributed by atoms with Gasteiger partial charge in [0.05, 0.1) is 6.42 Å². The van der Waals surface area contributed by atoms with Crippen LogP contribution in [0.3, 0.4) is 0 Å². The van der Waals surface area contributed by atoms with Gasteiger partial charge < -0.3 is 14.9 Å². The zero-order valence-corrected chi connectivity index (χ0v) is 8.38. The van der Waals surface area contributed by atoms with Gasteiger partial charge in [-0.2, -0.15) is 0 Å². The second kappa shape index (κ2) is 4.48. The van der Waals surface area contributed by atoms with Crippen LogP contribution in [0.25, 0.3) is 0 Å². The molecule has 2 N–H and O–H groups in total. The summed E-state index contributed by atoms with van der Waals surface area (Å²) in [4.78, 5) is 11.5. The Hall–Kier alpha value is -2.30. The minimum atomic E-state index is -0.209. The van der Waals surface area contributed by atoms with E-state index in [1.54, 1.807) is 30.3 Å². The predicted octanol–water partition coefficient (Wildman–Crippen LogP) is 1.56. The van der Waals surface area contributed by atoms with E-state index in [1.165, 1.54) is 6.26 Å². The van der Waals surface area contributed by atoms with Crippen LogP contribution in [0.5, 0.6) is 5.75 Å². The topological polar surface area (TPSA) is 75.4 Å². The van der Waals surface area contributed by atoms with Crippen LogP contribution in [-0.4, -0.2) is 16.2 Å². The van der Waals surface area contributed by atoms with Gasteiger partial charge in [-0.3, -0.25) is 4.79 Å². The number of aromatic hydroxyl groups is 1. The zero-order chi connectivity index (χ0) is 11.4. The lowest BCUT2D eigenvalue weighted by Gasteiger charge is -2.01. The molecule has 0 spiro atoms. The van der Waals surface area contributed by atoms with E-state index >= 15 is 0 Å². The number of carbonyl (C=O) groups is 1. The molecule has 2 rings (SSSR count). The van der Waals surface area contributed by atoms with Crippen molar-refractivity contribution in [2.45, 2.75) is 6.42 Å². The van der Waals surface area contributed by atoms with Crippen LogP contribution < -0.4 is 5.32 Å². The molecule has 0 saturated heterocycles. The molecular formula is C11H10N2O3. The molecule has 1 aromatic heterocycles. The molecule has 0 unspecified atom stereocenters. The van der Waals surface area contributed by atoms with E-state index in [0.717, 1.165) is 5.56 Å². The van der Waals surface area contributed by atoms with Gasteiger partial charge in [-0.1, -0.05) is 17.3 Å². The van der Waals surface area contributed by atoms with Crippen molar-refractivity contribution in [3.63, 3.8) is 0 Å². The molecule has 1 amide bonds. The number of nitrogens with one attached hydrogen (secondary N) is 1. The number of rotatable bonds is 3. The molecule has 16 heavy (non-hydrogen) atoms. The maximum Gasteiger partial charge on any atom is 0.230 e. The first-order valence-electron chi connectivity index (χ1n) is 4.72. The Bertz CT molecular complexity index is 480. The quantitative estimate of drug-likeness (QED) is 0.819. The number of phenols is 1. The smallest absolute Gasteiger partial charge is 0.230 e. The summed E-state index contributed by atoms with van der Waals surface area (Å²) in [6.07, 6.45) is 1.56. The summed E-state index contributed by atoms with van der Waals surface area (Å²) >= 11 is 0. The van der Waals surface area contributed by atoms with Crippen LogP contribution in [-0.2, 0) is 11.2 Å². The average Bonchev–Trinajstić information content (AvgIpc) is 2.70. The molecule has 0 bridgehead atoms. The number of anilines is 1. The highest BCUT2D eigenvalue weighted by atomic mass is 16.5. The van der Waals surface area contributed by atoms with E-state index in [9.17, 15) is 9.90 Å².